The third-order valence-corrected chi connectivity index (χ3v) is 4.91. The molecule has 0 bridgehead atoms. The third-order valence-electron chi connectivity index (χ3n) is 4.91. The minimum atomic E-state index is -0.422. The smallest absolute Gasteiger partial charge is 0.410 e. The van der Waals surface area contributed by atoms with Crippen LogP contribution in [-0.2, 0) is 4.74 Å². The van der Waals surface area contributed by atoms with Crippen LogP contribution in [0, 0.1) is 5.92 Å². The summed E-state index contributed by atoms with van der Waals surface area (Å²) < 4.78 is 5.63. The van der Waals surface area contributed by atoms with E-state index in [1.54, 1.807) is 0 Å². The van der Waals surface area contributed by atoms with Gasteiger partial charge in [0.1, 0.15) is 5.60 Å². The number of rotatable bonds is 4. The molecule has 132 valence electrons. The zero-order valence-electron chi connectivity index (χ0n) is 15.4. The molecule has 1 N–H and O–H groups in total. The van der Waals surface area contributed by atoms with Crippen molar-refractivity contribution in [2.24, 2.45) is 5.92 Å². The summed E-state index contributed by atoms with van der Waals surface area (Å²) in [5.74, 6) is 0.540. The van der Waals surface area contributed by atoms with E-state index < -0.39 is 5.60 Å². The molecule has 0 aromatic carbocycles. The van der Waals surface area contributed by atoms with Crippen molar-refractivity contribution in [1.82, 2.24) is 10.2 Å². The number of carbonyl (C=O) groups excluding carboxylic acids is 1. The molecule has 1 heterocycles. The Kier molecular flexibility index (Phi) is 6.12. The maximum atomic E-state index is 12.6. The number of nitrogens with one attached hydrogen (secondary N) is 1. The van der Waals surface area contributed by atoms with Crippen LogP contribution < -0.4 is 5.32 Å². The molecule has 2 fully saturated rings. The fraction of sp³-hybridized carbons (Fsp3) is 0.842. The van der Waals surface area contributed by atoms with Crippen molar-refractivity contribution in [3.8, 4) is 0 Å². The van der Waals surface area contributed by atoms with E-state index in [9.17, 15) is 4.79 Å². The summed E-state index contributed by atoms with van der Waals surface area (Å²) in [5.41, 5.74) is 0.749. The van der Waals surface area contributed by atoms with Crippen LogP contribution >= 0.6 is 0 Å². The van der Waals surface area contributed by atoms with Crippen molar-refractivity contribution in [1.29, 1.82) is 0 Å². The third kappa shape index (κ3) is 5.23. The molecule has 3 unspecified atom stereocenters. The van der Waals surface area contributed by atoms with Gasteiger partial charge in [0.15, 0.2) is 0 Å². The summed E-state index contributed by atoms with van der Waals surface area (Å²) >= 11 is 0. The lowest BCUT2D eigenvalue weighted by Gasteiger charge is -2.40. The molecule has 1 aliphatic heterocycles. The molecule has 1 amide bonds. The summed E-state index contributed by atoms with van der Waals surface area (Å²) in [4.78, 5) is 14.6. The van der Waals surface area contributed by atoms with Crippen molar-refractivity contribution in [3.05, 3.63) is 12.2 Å². The van der Waals surface area contributed by atoms with Crippen molar-refractivity contribution in [2.75, 3.05) is 13.1 Å². The first kappa shape index (κ1) is 18.3. The summed E-state index contributed by atoms with van der Waals surface area (Å²) in [6.07, 6.45) is 7.03. The Bertz CT molecular complexity index is 428. The Morgan fingerprint density at radius 3 is 2.57 bits per heavy atom. The molecule has 3 atom stereocenters. The van der Waals surface area contributed by atoms with Crippen LogP contribution in [0.15, 0.2) is 12.2 Å². The lowest BCUT2D eigenvalue weighted by molar-refractivity contribution is 0.0134. The van der Waals surface area contributed by atoms with E-state index in [0.29, 0.717) is 18.0 Å². The highest BCUT2D eigenvalue weighted by Gasteiger charge is 2.40. The Hall–Kier alpha value is -1.03. The number of nitrogens with zero attached hydrogens (tertiary/aromatic N) is 1. The number of carbonyl (C=O) groups is 1. The lowest BCUT2D eigenvalue weighted by atomic mass is 9.78. The van der Waals surface area contributed by atoms with Crippen LogP contribution in [0.25, 0.3) is 0 Å². The maximum Gasteiger partial charge on any atom is 0.410 e. The fourth-order valence-corrected chi connectivity index (χ4v) is 3.96. The monoisotopic (exact) mass is 322 g/mol. The van der Waals surface area contributed by atoms with Gasteiger partial charge >= 0.3 is 6.09 Å². The molecule has 0 spiro atoms. The number of hydrogen-bond donors (Lipinski definition) is 1. The molecule has 0 radical (unpaired) electrons. The van der Waals surface area contributed by atoms with Gasteiger partial charge < -0.3 is 15.0 Å². The van der Waals surface area contributed by atoms with Crippen LogP contribution in [-0.4, -0.2) is 41.8 Å². The fourth-order valence-electron chi connectivity index (χ4n) is 3.96. The van der Waals surface area contributed by atoms with Crippen LogP contribution in [0.4, 0.5) is 4.79 Å². The quantitative estimate of drug-likeness (QED) is 0.792. The van der Waals surface area contributed by atoms with Crippen molar-refractivity contribution in [2.45, 2.75) is 83.9 Å². The van der Waals surface area contributed by atoms with Crippen LogP contribution in [0.3, 0.4) is 0 Å². The van der Waals surface area contributed by atoms with E-state index in [-0.39, 0.29) is 6.09 Å². The highest BCUT2D eigenvalue weighted by molar-refractivity contribution is 5.69. The molecule has 2 aliphatic rings. The topological polar surface area (TPSA) is 41.6 Å². The summed E-state index contributed by atoms with van der Waals surface area (Å²) in [6, 6.07) is 0.821. The van der Waals surface area contributed by atoms with Crippen LogP contribution in [0.5, 0.6) is 0 Å². The molecule has 1 saturated heterocycles. The summed E-state index contributed by atoms with van der Waals surface area (Å²) in [6.45, 7) is 13.6. The first-order valence-electron chi connectivity index (χ1n) is 9.15. The average Bonchev–Trinajstić information content (AvgIpc) is 2.93. The van der Waals surface area contributed by atoms with Gasteiger partial charge in [0, 0.05) is 25.2 Å². The largest absolute Gasteiger partial charge is 0.444 e. The van der Waals surface area contributed by atoms with Gasteiger partial charge in [-0.3, -0.25) is 0 Å². The van der Waals surface area contributed by atoms with Crippen molar-refractivity contribution in [3.63, 3.8) is 0 Å². The minimum absolute atomic E-state index is 0.135. The van der Waals surface area contributed by atoms with Gasteiger partial charge in [-0.2, -0.15) is 0 Å². The van der Waals surface area contributed by atoms with E-state index >= 15 is 0 Å². The molecule has 0 aromatic rings. The van der Waals surface area contributed by atoms with Gasteiger partial charge in [-0.05, 0) is 59.3 Å². The average molecular weight is 322 g/mol. The summed E-state index contributed by atoms with van der Waals surface area (Å²) in [7, 11) is 0. The molecule has 0 aromatic heterocycles. The van der Waals surface area contributed by atoms with Crippen LogP contribution in [0.1, 0.15) is 66.2 Å². The standard InChI is InChI=1S/C19H34N2O2/c1-14(2)13-20-16-10-7-6-9-15(16)17-11-8-12-21(17)18(22)23-19(3,4)5/h15-17,20H,1,6-13H2,2-5H3. The number of hydrogen-bond acceptors (Lipinski definition) is 3. The molecular weight excluding hydrogens is 288 g/mol. The first-order valence-corrected chi connectivity index (χ1v) is 9.15. The van der Waals surface area contributed by atoms with Gasteiger partial charge in [-0.1, -0.05) is 25.0 Å². The number of amides is 1. The van der Waals surface area contributed by atoms with Crippen LogP contribution in [0.2, 0.25) is 0 Å². The zero-order chi connectivity index (χ0) is 17.0. The predicted octanol–water partition coefficient (Wildman–Crippen LogP) is 4.11. The van der Waals surface area contributed by atoms with Crippen molar-refractivity contribution < 1.29 is 9.53 Å². The van der Waals surface area contributed by atoms with Gasteiger partial charge in [-0.15, -0.1) is 0 Å². The normalized spacial score (nSPS) is 28.7. The molecule has 2 rings (SSSR count). The number of likely N-dealkylation sites (tertiary alicyclic amines) is 1. The van der Waals surface area contributed by atoms with Gasteiger partial charge in [-0.25, -0.2) is 4.79 Å². The Morgan fingerprint density at radius 2 is 1.91 bits per heavy atom. The second kappa shape index (κ2) is 7.69. The van der Waals surface area contributed by atoms with Gasteiger partial charge in [0.2, 0.25) is 0 Å². The predicted molar refractivity (Wildman–Crippen MR) is 94.5 cm³/mol. The first-order chi connectivity index (χ1) is 10.8. The molecule has 4 heteroatoms. The zero-order valence-corrected chi connectivity index (χ0v) is 15.4. The van der Waals surface area contributed by atoms with E-state index in [2.05, 4.69) is 18.8 Å². The minimum Gasteiger partial charge on any atom is -0.444 e. The van der Waals surface area contributed by atoms with E-state index in [4.69, 9.17) is 4.74 Å². The molecular formula is C19H34N2O2. The maximum absolute atomic E-state index is 12.6. The highest BCUT2D eigenvalue weighted by atomic mass is 16.6. The SMILES string of the molecule is C=C(C)CNC1CCCCC1C1CCCN1C(=O)OC(C)(C)C. The van der Waals surface area contributed by atoms with E-state index in [1.807, 2.05) is 25.7 Å². The van der Waals surface area contributed by atoms with Gasteiger partial charge in [0.05, 0.1) is 0 Å². The molecule has 23 heavy (non-hydrogen) atoms. The summed E-state index contributed by atoms with van der Waals surface area (Å²) in [5, 5.41) is 3.68. The number of ether oxygens (including phenoxy) is 1. The van der Waals surface area contributed by atoms with Crippen molar-refractivity contribution >= 4 is 6.09 Å². The second-order valence-corrected chi connectivity index (χ2v) is 8.28. The lowest BCUT2D eigenvalue weighted by Crippen LogP contribution is -2.50. The second-order valence-electron chi connectivity index (χ2n) is 8.28. The van der Waals surface area contributed by atoms with E-state index in [1.165, 1.54) is 31.3 Å². The molecule has 1 aliphatic carbocycles. The Labute approximate surface area is 141 Å². The van der Waals surface area contributed by atoms with E-state index in [0.717, 1.165) is 25.9 Å². The highest BCUT2D eigenvalue weighted by Crippen LogP contribution is 2.35. The molecule has 4 nitrogen and oxygen atoms in total. The Morgan fingerprint density at radius 1 is 1.22 bits per heavy atom. The molecule has 1 saturated carbocycles. The van der Waals surface area contributed by atoms with Gasteiger partial charge in [0.25, 0.3) is 0 Å². The Balaban J connectivity index is 2.03.